The van der Waals surface area contributed by atoms with Gasteiger partial charge >= 0.3 is 5.97 Å². The van der Waals surface area contributed by atoms with Crippen molar-refractivity contribution in [1.29, 1.82) is 0 Å². The second-order valence-electron chi connectivity index (χ2n) is 7.11. The van der Waals surface area contributed by atoms with Crippen LogP contribution in [0.2, 0.25) is 0 Å². The van der Waals surface area contributed by atoms with Gasteiger partial charge < -0.3 is 9.47 Å². The van der Waals surface area contributed by atoms with Crippen molar-refractivity contribution in [2.45, 2.75) is 32.6 Å². The van der Waals surface area contributed by atoms with Crippen molar-refractivity contribution in [2.75, 3.05) is 6.61 Å². The van der Waals surface area contributed by atoms with Crippen LogP contribution < -0.4 is 9.47 Å². The third-order valence-corrected chi connectivity index (χ3v) is 4.60. The lowest BCUT2D eigenvalue weighted by atomic mass is 10.1. The van der Waals surface area contributed by atoms with E-state index < -0.39 is 11.8 Å². The summed E-state index contributed by atoms with van der Waals surface area (Å²) in [6.07, 6.45) is 4.73. The number of benzene rings is 3. The first-order valence-corrected chi connectivity index (χ1v) is 10.5. The minimum absolute atomic E-state index is 0.164. The first-order valence-electron chi connectivity index (χ1n) is 10.5. The highest BCUT2D eigenvalue weighted by atomic mass is 19.1. The number of hydrogen-bond donors (Lipinski definition) is 0. The van der Waals surface area contributed by atoms with Gasteiger partial charge in [0.1, 0.15) is 17.3 Å². The number of carbonyl (C=O) groups excluding carboxylic acids is 1. The summed E-state index contributed by atoms with van der Waals surface area (Å²) < 4.78 is 24.2. The van der Waals surface area contributed by atoms with Crippen LogP contribution in [0, 0.1) is 17.7 Å². The van der Waals surface area contributed by atoms with Gasteiger partial charge in [0.05, 0.1) is 12.2 Å². The monoisotopic (exact) mass is 416 g/mol. The molecule has 0 saturated heterocycles. The number of hydrogen-bond acceptors (Lipinski definition) is 3. The molecule has 0 bridgehead atoms. The van der Waals surface area contributed by atoms with E-state index in [4.69, 9.17) is 9.47 Å². The van der Waals surface area contributed by atoms with Crippen LogP contribution in [0.25, 0.3) is 0 Å². The zero-order chi connectivity index (χ0) is 21.9. The maximum atomic E-state index is 13.2. The third-order valence-electron chi connectivity index (χ3n) is 4.60. The standard InChI is InChI=1S/C27H25FO3/c1-2-3-4-5-19-30-25-15-11-21(12-16-25)9-10-22-13-17-26(18-14-22)31-27(29)23-7-6-8-24(28)20-23/h6-8,11-18,20H,2-5,19H2,1H3. The van der Waals surface area contributed by atoms with Crippen LogP contribution in [0.5, 0.6) is 11.5 Å². The molecule has 158 valence electrons. The summed E-state index contributed by atoms with van der Waals surface area (Å²) >= 11 is 0. The van der Waals surface area contributed by atoms with Crippen LogP contribution in [-0.2, 0) is 0 Å². The predicted molar refractivity (Wildman–Crippen MR) is 120 cm³/mol. The summed E-state index contributed by atoms with van der Waals surface area (Å²) in [7, 11) is 0. The van der Waals surface area contributed by atoms with E-state index in [9.17, 15) is 9.18 Å². The Morgan fingerprint density at radius 2 is 1.48 bits per heavy atom. The molecule has 0 aliphatic carbocycles. The summed E-state index contributed by atoms with van der Waals surface area (Å²) in [5.74, 6) is 6.34. The summed E-state index contributed by atoms with van der Waals surface area (Å²) in [6.45, 7) is 2.93. The van der Waals surface area contributed by atoms with Crippen LogP contribution in [0.1, 0.15) is 54.1 Å². The molecule has 3 aromatic carbocycles. The Hall–Kier alpha value is -3.58. The van der Waals surface area contributed by atoms with Crippen molar-refractivity contribution >= 4 is 5.97 Å². The maximum absolute atomic E-state index is 13.2. The number of carbonyl (C=O) groups is 1. The lowest BCUT2D eigenvalue weighted by Gasteiger charge is -2.05. The zero-order valence-corrected chi connectivity index (χ0v) is 17.6. The molecular weight excluding hydrogens is 391 g/mol. The number of unbranched alkanes of at least 4 members (excludes halogenated alkanes) is 3. The van der Waals surface area contributed by atoms with Gasteiger partial charge in [0.25, 0.3) is 0 Å². The van der Waals surface area contributed by atoms with Crippen LogP contribution in [-0.4, -0.2) is 12.6 Å². The molecule has 4 heteroatoms. The largest absolute Gasteiger partial charge is 0.494 e. The first-order chi connectivity index (χ1) is 15.1. The molecule has 0 heterocycles. The van der Waals surface area contributed by atoms with Crippen LogP contribution in [0.4, 0.5) is 4.39 Å². The minimum Gasteiger partial charge on any atom is -0.494 e. The number of rotatable bonds is 8. The van der Waals surface area contributed by atoms with Gasteiger partial charge in [0.2, 0.25) is 0 Å². The van der Waals surface area contributed by atoms with E-state index >= 15 is 0 Å². The maximum Gasteiger partial charge on any atom is 0.343 e. The quantitative estimate of drug-likeness (QED) is 0.184. The van der Waals surface area contributed by atoms with Gasteiger partial charge in [-0.15, -0.1) is 0 Å². The molecule has 0 aromatic heterocycles. The molecule has 3 nitrogen and oxygen atoms in total. The lowest BCUT2D eigenvalue weighted by molar-refractivity contribution is 0.0734. The van der Waals surface area contributed by atoms with Gasteiger partial charge in [-0.05, 0) is 73.2 Å². The van der Waals surface area contributed by atoms with Gasteiger partial charge in [-0.3, -0.25) is 0 Å². The van der Waals surface area contributed by atoms with E-state index in [1.54, 1.807) is 24.3 Å². The topological polar surface area (TPSA) is 35.5 Å². The smallest absolute Gasteiger partial charge is 0.343 e. The molecule has 0 unspecified atom stereocenters. The Kier molecular flexibility index (Phi) is 8.25. The highest BCUT2D eigenvalue weighted by Crippen LogP contribution is 2.16. The second-order valence-corrected chi connectivity index (χ2v) is 7.11. The number of halogens is 1. The van der Waals surface area contributed by atoms with E-state index in [1.165, 1.54) is 37.5 Å². The van der Waals surface area contributed by atoms with Gasteiger partial charge in [-0.2, -0.15) is 0 Å². The summed E-state index contributed by atoms with van der Waals surface area (Å²) in [5.41, 5.74) is 1.85. The Labute approximate surface area is 182 Å². The summed E-state index contributed by atoms with van der Waals surface area (Å²) in [5, 5.41) is 0. The zero-order valence-electron chi connectivity index (χ0n) is 17.6. The molecule has 3 aromatic rings. The molecule has 3 rings (SSSR count). The fourth-order valence-corrected chi connectivity index (χ4v) is 2.89. The van der Waals surface area contributed by atoms with Gasteiger partial charge in [-0.25, -0.2) is 9.18 Å². The van der Waals surface area contributed by atoms with Crippen molar-refractivity contribution in [2.24, 2.45) is 0 Å². The molecule has 0 spiro atoms. The molecule has 0 amide bonds. The van der Waals surface area contributed by atoms with Crippen LogP contribution in [0.15, 0.2) is 72.8 Å². The van der Waals surface area contributed by atoms with Crippen LogP contribution in [0.3, 0.4) is 0 Å². The highest BCUT2D eigenvalue weighted by molar-refractivity contribution is 5.91. The van der Waals surface area contributed by atoms with E-state index in [0.29, 0.717) is 5.75 Å². The fourth-order valence-electron chi connectivity index (χ4n) is 2.89. The number of ether oxygens (including phenoxy) is 2. The summed E-state index contributed by atoms with van der Waals surface area (Å²) in [4.78, 5) is 12.1. The average molecular weight is 416 g/mol. The average Bonchev–Trinajstić information content (AvgIpc) is 2.79. The molecule has 0 N–H and O–H groups in total. The molecule has 0 fully saturated rings. The normalized spacial score (nSPS) is 10.1. The van der Waals surface area contributed by atoms with Gasteiger partial charge in [0, 0.05) is 11.1 Å². The van der Waals surface area contributed by atoms with E-state index in [0.717, 1.165) is 36.0 Å². The van der Waals surface area contributed by atoms with Crippen molar-refractivity contribution in [3.8, 4) is 23.3 Å². The van der Waals surface area contributed by atoms with E-state index in [2.05, 4.69) is 18.8 Å². The van der Waals surface area contributed by atoms with E-state index in [-0.39, 0.29) is 5.56 Å². The molecule has 0 atom stereocenters. The van der Waals surface area contributed by atoms with Gasteiger partial charge in [-0.1, -0.05) is 44.1 Å². The molecule has 0 radical (unpaired) electrons. The Bertz CT molecular complexity index is 1040. The molecular formula is C27H25FO3. The third kappa shape index (κ3) is 7.31. The van der Waals surface area contributed by atoms with Crippen molar-refractivity contribution in [1.82, 2.24) is 0 Å². The molecule has 0 saturated carbocycles. The van der Waals surface area contributed by atoms with Gasteiger partial charge in [0.15, 0.2) is 0 Å². The molecule has 0 aliphatic heterocycles. The highest BCUT2D eigenvalue weighted by Gasteiger charge is 2.09. The van der Waals surface area contributed by atoms with Crippen LogP contribution >= 0.6 is 0 Å². The summed E-state index contributed by atoms with van der Waals surface area (Å²) in [6, 6.07) is 20.0. The Morgan fingerprint density at radius 3 is 2.10 bits per heavy atom. The van der Waals surface area contributed by atoms with E-state index in [1.807, 2.05) is 24.3 Å². The fraction of sp³-hybridized carbons (Fsp3) is 0.222. The number of esters is 1. The Balaban J connectivity index is 1.52. The second kappa shape index (κ2) is 11.6. The van der Waals surface area contributed by atoms with Crippen molar-refractivity contribution in [3.63, 3.8) is 0 Å². The Morgan fingerprint density at radius 1 is 0.839 bits per heavy atom. The molecule has 0 aliphatic rings. The van der Waals surface area contributed by atoms with Crippen molar-refractivity contribution < 1.29 is 18.7 Å². The minimum atomic E-state index is -0.606. The first kappa shape index (κ1) is 22.1. The SMILES string of the molecule is CCCCCCOc1ccc(C#Cc2ccc(OC(=O)c3cccc(F)c3)cc2)cc1. The van der Waals surface area contributed by atoms with Crippen molar-refractivity contribution in [3.05, 3.63) is 95.3 Å². The lowest BCUT2D eigenvalue weighted by Crippen LogP contribution is -2.08. The predicted octanol–water partition coefficient (Wildman–Crippen LogP) is 6.40. The molecule has 31 heavy (non-hydrogen) atoms.